The van der Waals surface area contributed by atoms with Gasteiger partial charge in [-0.3, -0.25) is 19.3 Å². The number of carbonyl (C=O) groups excluding carboxylic acids is 3. The van der Waals surface area contributed by atoms with Crippen molar-refractivity contribution >= 4 is 35.2 Å². The van der Waals surface area contributed by atoms with Crippen LogP contribution in [0.4, 0.5) is 5.69 Å². The third-order valence-electron chi connectivity index (χ3n) is 3.70. The average Bonchev–Trinajstić information content (AvgIpc) is 2.79. The number of imide groups is 1. The van der Waals surface area contributed by atoms with E-state index in [1.54, 1.807) is 17.8 Å². The van der Waals surface area contributed by atoms with Crippen molar-refractivity contribution in [1.82, 2.24) is 4.90 Å². The zero-order valence-corrected chi connectivity index (χ0v) is 13.4. The fourth-order valence-electron chi connectivity index (χ4n) is 2.38. The van der Waals surface area contributed by atoms with Crippen LogP contribution in [0, 0.1) is 0 Å². The Labute approximate surface area is 137 Å². The lowest BCUT2D eigenvalue weighted by molar-refractivity contribution is 0.0693. The molecule has 0 saturated carbocycles. The number of carbonyl (C=O) groups is 3. The van der Waals surface area contributed by atoms with E-state index >= 15 is 0 Å². The third kappa shape index (κ3) is 2.73. The molecule has 0 aromatic heterocycles. The second-order valence-corrected chi connectivity index (χ2v) is 5.99. The topological polar surface area (TPSA) is 66.5 Å². The van der Waals surface area contributed by atoms with Crippen molar-refractivity contribution in [2.75, 3.05) is 18.6 Å². The smallest absolute Gasteiger partial charge is 0.261 e. The van der Waals surface area contributed by atoms with Crippen molar-refractivity contribution in [3.05, 3.63) is 59.2 Å². The number of hydrogen-bond donors (Lipinski definition) is 1. The maximum absolute atomic E-state index is 12.3. The summed E-state index contributed by atoms with van der Waals surface area (Å²) in [6, 6.07) is 12.0. The Morgan fingerprint density at radius 1 is 1.00 bits per heavy atom. The predicted octanol–water partition coefficient (Wildman–Crippen LogP) is 2.89. The minimum atomic E-state index is -0.385. The molecule has 23 heavy (non-hydrogen) atoms. The largest absolute Gasteiger partial charge is 0.322 e. The van der Waals surface area contributed by atoms with Gasteiger partial charge in [0.25, 0.3) is 17.7 Å². The van der Waals surface area contributed by atoms with Gasteiger partial charge >= 0.3 is 0 Å². The molecule has 0 saturated heterocycles. The lowest BCUT2D eigenvalue weighted by Gasteiger charge is -2.06. The van der Waals surface area contributed by atoms with E-state index in [2.05, 4.69) is 5.32 Å². The number of fused-ring (bicyclic) bond motifs is 1. The van der Waals surface area contributed by atoms with Crippen molar-refractivity contribution < 1.29 is 14.4 Å². The van der Waals surface area contributed by atoms with E-state index in [-0.39, 0.29) is 23.3 Å². The zero-order chi connectivity index (χ0) is 16.6. The van der Waals surface area contributed by atoms with Crippen LogP contribution in [0.1, 0.15) is 31.1 Å². The van der Waals surface area contributed by atoms with Crippen LogP contribution < -0.4 is 5.32 Å². The van der Waals surface area contributed by atoms with Gasteiger partial charge in [-0.2, -0.15) is 0 Å². The van der Waals surface area contributed by atoms with Gasteiger partial charge in [0.15, 0.2) is 0 Å². The number of nitrogens with one attached hydrogen (secondary N) is 1. The summed E-state index contributed by atoms with van der Waals surface area (Å²) < 4.78 is 0. The highest BCUT2D eigenvalue weighted by Crippen LogP contribution is 2.23. The molecule has 0 unspecified atom stereocenters. The molecule has 0 radical (unpaired) electrons. The summed E-state index contributed by atoms with van der Waals surface area (Å²) in [5, 5.41) is 2.78. The van der Waals surface area contributed by atoms with Gasteiger partial charge in [0.05, 0.1) is 11.1 Å². The zero-order valence-electron chi connectivity index (χ0n) is 12.6. The minimum absolute atomic E-state index is 0.267. The molecule has 0 bridgehead atoms. The first-order chi connectivity index (χ1) is 11.0. The van der Waals surface area contributed by atoms with Gasteiger partial charge in [-0.1, -0.05) is 0 Å². The number of hydrogen-bond acceptors (Lipinski definition) is 4. The molecular weight excluding hydrogens is 312 g/mol. The summed E-state index contributed by atoms with van der Waals surface area (Å²) in [5.74, 6) is -1.05. The molecule has 0 spiro atoms. The molecule has 2 aromatic carbocycles. The number of benzene rings is 2. The van der Waals surface area contributed by atoms with Gasteiger partial charge in [0, 0.05) is 23.2 Å². The standard InChI is InChI=1S/C17H14N2O3S/c1-19-16(21)13-8-3-10(9-14(13)17(19)22)15(20)18-11-4-6-12(23-2)7-5-11/h3-9H,1-2H3,(H,18,20). The summed E-state index contributed by atoms with van der Waals surface area (Å²) in [4.78, 5) is 38.3. The fraction of sp³-hybridized carbons (Fsp3) is 0.118. The molecule has 3 rings (SSSR count). The molecule has 0 atom stereocenters. The highest BCUT2D eigenvalue weighted by molar-refractivity contribution is 7.98. The van der Waals surface area contributed by atoms with Gasteiger partial charge in [-0.15, -0.1) is 11.8 Å². The Hall–Kier alpha value is -2.60. The SMILES string of the molecule is CSc1ccc(NC(=O)c2ccc3c(c2)C(=O)N(C)C3=O)cc1. The van der Waals surface area contributed by atoms with Crippen molar-refractivity contribution in [2.45, 2.75) is 4.90 Å². The van der Waals surface area contributed by atoms with Gasteiger partial charge in [-0.25, -0.2) is 0 Å². The van der Waals surface area contributed by atoms with Crippen molar-refractivity contribution in [3.8, 4) is 0 Å². The quantitative estimate of drug-likeness (QED) is 0.696. The normalized spacial score (nSPS) is 13.2. The van der Waals surface area contributed by atoms with E-state index in [0.717, 1.165) is 9.80 Å². The Kier molecular flexibility index (Phi) is 3.92. The summed E-state index contributed by atoms with van der Waals surface area (Å²) in [6.45, 7) is 0. The minimum Gasteiger partial charge on any atom is -0.322 e. The van der Waals surface area contributed by atoms with Crippen LogP contribution in [0.25, 0.3) is 0 Å². The van der Waals surface area contributed by atoms with Gasteiger partial charge < -0.3 is 5.32 Å². The second-order valence-electron chi connectivity index (χ2n) is 5.11. The highest BCUT2D eigenvalue weighted by Gasteiger charge is 2.33. The summed E-state index contributed by atoms with van der Waals surface area (Å²) in [7, 11) is 1.43. The van der Waals surface area contributed by atoms with Gasteiger partial charge in [-0.05, 0) is 48.7 Å². The lowest BCUT2D eigenvalue weighted by Crippen LogP contribution is -2.24. The van der Waals surface area contributed by atoms with Gasteiger partial charge in [0.1, 0.15) is 0 Å². The second kappa shape index (κ2) is 5.89. The van der Waals surface area contributed by atoms with Crippen LogP contribution >= 0.6 is 11.8 Å². The molecule has 1 aliphatic rings. The lowest BCUT2D eigenvalue weighted by atomic mass is 10.1. The fourth-order valence-corrected chi connectivity index (χ4v) is 2.79. The number of nitrogens with zero attached hydrogens (tertiary/aromatic N) is 1. The van der Waals surface area contributed by atoms with E-state index in [1.165, 1.54) is 19.2 Å². The Balaban J connectivity index is 1.83. The third-order valence-corrected chi connectivity index (χ3v) is 4.44. The molecule has 1 heterocycles. The van der Waals surface area contributed by atoms with E-state index < -0.39 is 0 Å². The number of rotatable bonds is 3. The average molecular weight is 326 g/mol. The summed E-state index contributed by atoms with van der Waals surface area (Å²) >= 11 is 1.62. The number of thioether (sulfide) groups is 1. The first-order valence-electron chi connectivity index (χ1n) is 6.93. The van der Waals surface area contributed by atoms with E-state index in [9.17, 15) is 14.4 Å². The first kappa shape index (κ1) is 15.3. The molecule has 1 aliphatic heterocycles. The van der Waals surface area contributed by atoms with E-state index in [4.69, 9.17) is 0 Å². The first-order valence-corrected chi connectivity index (χ1v) is 8.15. The van der Waals surface area contributed by atoms with Crippen LogP contribution in [0.15, 0.2) is 47.4 Å². The molecule has 6 heteroatoms. The highest BCUT2D eigenvalue weighted by atomic mass is 32.2. The molecular formula is C17H14N2O3S. The Bertz CT molecular complexity index is 815. The van der Waals surface area contributed by atoms with Crippen LogP contribution in [0.2, 0.25) is 0 Å². The molecule has 5 nitrogen and oxygen atoms in total. The van der Waals surface area contributed by atoms with Crippen LogP contribution in [0.3, 0.4) is 0 Å². The summed E-state index contributed by atoms with van der Waals surface area (Å²) in [6.07, 6.45) is 1.98. The Morgan fingerprint density at radius 3 is 2.30 bits per heavy atom. The molecule has 0 aliphatic carbocycles. The number of amides is 3. The van der Waals surface area contributed by atoms with E-state index in [1.807, 2.05) is 30.5 Å². The van der Waals surface area contributed by atoms with Crippen LogP contribution in [0.5, 0.6) is 0 Å². The molecule has 0 fully saturated rings. The molecule has 1 N–H and O–H groups in total. The Morgan fingerprint density at radius 2 is 1.65 bits per heavy atom. The predicted molar refractivity (Wildman–Crippen MR) is 89.0 cm³/mol. The van der Waals surface area contributed by atoms with Crippen molar-refractivity contribution in [3.63, 3.8) is 0 Å². The molecule has 3 amide bonds. The monoisotopic (exact) mass is 326 g/mol. The molecule has 2 aromatic rings. The number of anilines is 1. The van der Waals surface area contributed by atoms with E-state index in [0.29, 0.717) is 16.8 Å². The van der Waals surface area contributed by atoms with Gasteiger partial charge in [0.2, 0.25) is 0 Å². The van der Waals surface area contributed by atoms with Crippen molar-refractivity contribution in [1.29, 1.82) is 0 Å². The van der Waals surface area contributed by atoms with Crippen LogP contribution in [-0.4, -0.2) is 35.9 Å². The van der Waals surface area contributed by atoms with Crippen molar-refractivity contribution in [2.24, 2.45) is 0 Å². The van der Waals surface area contributed by atoms with Crippen LogP contribution in [-0.2, 0) is 0 Å². The maximum atomic E-state index is 12.3. The maximum Gasteiger partial charge on any atom is 0.261 e. The summed E-state index contributed by atoms with van der Waals surface area (Å²) in [5.41, 5.74) is 1.61. The molecule has 116 valence electrons.